The lowest BCUT2D eigenvalue weighted by Crippen LogP contribution is -2.51. The number of hydrogen-bond acceptors (Lipinski definition) is 9. The Hall–Kier alpha value is -3.83. The number of pyridine rings is 3. The number of piperazine rings is 1. The van der Waals surface area contributed by atoms with Crippen molar-refractivity contribution in [2.75, 3.05) is 56.7 Å². The average molecular weight is 463 g/mol. The van der Waals surface area contributed by atoms with E-state index in [0.29, 0.717) is 49.1 Å². The molecule has 11 nitrogen and oxygen atoms in total. The molecule has 2 aliphatic rings. The highest BCUT2D eigenvalue weighted by molar-refractivity contribution is 6.02. The molecule has 2 amide bonds. The minimum Gasteiger partial charge on any atom is -0.481 e. The fourth-order valence-corrected chi connectivity index (χ4v) is 4.05. The van der Waals surface area contributed by atoms with Crippen LogP contribution in [0.2, 0.25) is 0 Å². The molecule has 0 saturated carbocycles. The standard InChI is InChI=1S/C23H25N7O4/c1-33-20-5-3-16-22(28-20)17(6-7-25-16)30-11-10-29(13-21(30)32)9-8-24-12-15-2-4-18-23(26-15)27-19(31)14-34-18/h2-7,24H,8-14H2,1H3,(H,26,27,31). The van der Waals surface area contributed by atoms with Gasteiger partial charge in [-0.1, -0.05) is 0 Å². The minimum absolute atomic E-state index is 0.0142. The zero-order valence-corrected chi connectivity index (χ0v) is 18.8. The molecular formula is C23H25N7O4. The first-order valence-electron chi connectivity index (χ1n) is 11.1. The van der Waals surface area contributed by atoms with Gasteiger partial charge in [0.2, 0.25) is 11.8 Å². The minimum atomic E-state index is -0.205. The fraction of sp³-hybridized carbons (Fsp3) is 0.348. The van der Waals surface area contributed by atoms with Crippen LogP contribution in [0, 0.1) is 0 Å². The molecule has 3 aromatic heterocycles. The highest BCUT2D eigenvalue weighted by Crippen LogP contribution is 2.27. The predicted molar refractivity (Wildman–Crippen MR) is 125 cm³/mol. The van der Waals surface area contributed by atoms with Gasteiger partial charge in [-0.2, -0.15) is 0 Å². The number of methoxy groups -OCH3 is 1. The van der Waals surface area contributed by atoms with Gasteiger partial charge in [-0.05, 0) is 24.3 Å². The number of carbonyl (C=O) groups excluding carboxylic acids is 2. The van der Waals surface area contributed by atoms with Crippen molar-refractivity contribution in [1.29, 1.82) is 0 Å². The van der Waals surface area contributed by atoms with E-state index >= 15 is 0 Å². The van der Waals surface area contributed by atoms with Crippen LogP contribution in [0.25, 0.3) is 11.0 Å². The Morgan fingerprint density at radius 2 is 2.06 bits per heavy atom. The number of amides is 2. The number of anilines is 2. The number of hydrogen-bond donors (Lipinski definition) is 2. The van der Waals surface area contributed by atoms with Crippen LogP contribution in [0.4, 0.5) is 11.5 Å². The van der Waals surface area contributed by atoms with Gasteiger partial charge >= 0.3 is 0 Å². The number of rotatable bonds is 7. The Morgan fingerprint density at radius 1 is 1.15 bits per heavy atom. The third kappa shape index (κ3) is 4.61. The molecule has 11 heteroatoms. The van der Waals surface area contributed by atoms with Gasteiger partial charge in [0.15, 0.2) is 18.2 Å². The Kier molecular flexibility index (Phi) is 6.19. The van der Waals surface area contributed by atoms with E-state index in [1.807, 2.05) is 24.3 Å². The van der Waals surface area contributed by atoms with Crippen molar-refractivity contribution in [2.45, 2.75) is 6.54 Å². The molecule has 2 aliphatic heterocycles. The van der Waals surface area contributed by atoms with Crippen LogP contribution in [0.1, 0.15) is 5.69 Å². The zero-order chi connectivity index (χ0) is 23.5. The number of nitrogens with one attached hydrogen (secondary N) is 2. The average Bonchev–Trinajstić information content (AvgIpc) is 2.86. The molecule has 0 radical (unpaired) electrons. The summed E-state index contributed by atoms with van der Waals surface area (Å²) in [6.45, 7) is 3.65. The van der Waals surface area contributed by atoms with Gasteiger partial charge in [0.25, 0.3) is 5.91 Å². The summed E-state index contributed by atoms with van der Waals surface area (Å²) in [6.07, 6.45) is 1.70. The molecule has 3 aromatic rings. The second-order valence-electron chi connectivity index (χ2n) is 8.04. The molecule has 1 fully saturated rings. The maximum Gasteiger partial charge on any atom is 0.263 e. The quantitative estimate of drug-likeness (QED) is 0.490. The van der Waals surface area contributed by atoms with Crippen LogP contribution in [-0.4, -0.2) is 78.1 Å². The summed E-state index contributed by atoms with van der Waals surface area (Å²) in [5.74, 6) is 1.34. The molecule has 0 bridgehead atoms. The summed E-state index contributed by atoms with van der Waals surface area (Å²) >= 11 is 0. The number of nitrogens with zero attached hydrogens (tertiary/aromatic N) is 5. The van der Waals surface area contributed by atoms with E-state index < -0.39 is 0 Å². The molecule has 34 heavy (non-hydrogen) atoms. The van der Waals surface area contributed by atoms with Crippen molar-refractivity contribution in [1.82, 2.24) is 25.2 Å². The first-order valence-corrected chi connectivity index (χ1v) is 11.1. The Morgan fingerprint density at radius 3 is 2.91 bits per heavy atom. The number of aromatic nitrogens is 3. The third-order valence-corrected chi connectivity index (χ3v) is 5.78. The second kappa shape index (κ2) is 9.57. The van der Waals surface area contributed by atoms with Crippen LogP contribution in [0.5, 0.6) is 11.6 Å². The van der Waals surface area contributed by atoms with Crippen molar-refractivity contribution >= 4 is 34.4 Å². The SMILES string of the molecule is COc1ccc2nccc(N3CCN(CCNCc4ccc5c(n4)NC(=O)CO5)CC3=O)c2n1. The topological polar surface area (TPSA) is 122 Å². The van der Waals surface area contributed by atoms with E-state index in [-0.39, 0.29) is 18.4 Å². The van der Waals surface area contributed by atoms with Crippen molar-refractivity contribution in [2.24, 2.45) is 0 Å². The normalized spacial score (nSPS) is 16.2. The van der Waals surface area contributed by atoms with E-state index in [0.717, 1.165) is 30.0 Å². The third-order valence-electron chi connectivity index (χ3n) is 5.78. The largest absolute Gasteiger partial charge is 0.481 e. The summed E-state index contributed by atoms with van der Waals surface area (Å²) in [5, 5.41) is 6.06. The van der Waals surface area contributed by atoms with Gasteiger partial charge in [0.05, 0.1) is 30.6 Å². The summed E-state index contributed by atoms with van der Waals surface area (Å²) in [7, 11) is 1.57. The maximum absolute atomic E-state index is 12.9. The maximum atomic E-state index is 12.9. The van der Waals surface area contributed by atoms with E-state index in [9.17, 15) is 9.59 Å². The lowest BCUT2D eigenvalue weighted by atomic mass is 10.2. The van der Waals surface area contributed by atoms with Crippen molar-refractivity contribution in [3.8, 4) is 11.6 Å². The van der Waals surface area contributed by atoms with Crippen LogP contribution in [0.15, 0.2) is 36.5 Å². The lowest BCUT2D eigenvalue weighted by molar-refractivity contribution is -0.121. The van der Waals surface area contributed by atoms with E-state index in [1.165, 1.54) is 0 Å². The van der Waals surface area contributed by atoms with Crippen LogP contribution in [0.3, 0.4) is 0 Å². The van der Waals surface area contributed by atoms with Gasteiger partial charge in [-0.3, -0.25) is 19.5 Å². The molecular weight excluding hydrogens is 438 g/mol. The molecule has 176 valence electrons. The molecule has 5 heterocycles. The van der Waals surface area contributed by atoms with Gasteiger partial charge in [0.1, 0.15) is 5.52 Å². The number of carbonyl (C=O) groups is 2. The van der Waals surface area contributed by atoms with Crippen LogP contribution >= 0.6 is 0 Å². The lowest BCUT2D eigenvalue weighted by Gasteiger charge is -2.34. The van der Waals surface area contributed by atoms with Crippen LogP contribution in [-0.2, 0) is 16.1 Å². The van der Waals surface area contributed by atoms with Gasteiger partial charge in [0, 0.05) is 45.0 Å². The van der Waals surface area contributed by atoms with E-state index in [2.05, 4.69) is 30.5 Å². The monoisotopic (exact) mass is 463 g/mol. The Labute approximate surface area is 196 Å². The predicted octanol–water partition coefficient (Wildman–Crippen LogP) is 0.803. The summed E-state index contributed by atoms with van der Waals surface area (Å²) in [5.41, 5.74) is 2.93. The van der Waals surface area contributed by atoms with Gasteiger partial charge < -0.3 is 25.0 Å². The summed E-state index contributed by atoms with van der Waals surface area (Å²) in [4.78, 5) is 41.6. The van der Waals surface area contributed by atoms with E-state index in [4.69, 9.17) is 9.47 Å². The summed E-state index contributed by atoms with van der Waals surface area (Å²) < 4.78 is 10.6. The summed E-state index contributed by atoms with van der Waals surface area (Å²) in [6, 6.07) is 9.10. The fourth-order valence-electron chi connectivity index (χ4n) is 4.05. The number of fused-ring (bicyclic) bond motifs is 2. The molecule has 0 unspecified atom stereocenters. The molecule has 5 rings (SSSR count). The zero-order valence-electron chi connectivity index (χ0n) is 18.8. The molecule has 0 atom stereocenters. The molecule has 0 aromatic carbocycles. The van der Waals surface area contributed by atoms with E-state index in [1.54, 1.807) is 24.3 Å². The molecule has 2 N–H and O–H groups in total. The van der Waals surface area contributed by atoms with Crippen molar-refractivity contribution < 1.29 is 19.1 Å². The number of ether oxygens (including phenoxy) is 2. The van der Waals surface area contributed by atoms with Gasteiger partial charge in [-0.15, -0.1) is 0 Å². The second-order valence-corrected chi connectivity index (χ2v) is 8.04. The Balaban J connectivity index is 1.14. The van der Waals surface area contributed by atoms with Gasteiger partial charge in [-0.25, -0.2) is 9.97 Å². The van der Waals surface area contributed by atoms with Crippen LogP contribution < -0.4 is 25.0 Å². The first kappa shape index (κ1) is 22.0. The van der Waals surface area contributed by atoms with Crippen molar-refractivity contribution in [3.05, 3.63) is 42.2 Å². The highest BCUT2D eigenvalue weighted by atomic mass is 16.5. The first-order chi connectivity index (χ1) is 16.6. The Bertz CT molecular complexity index is 1240. The molecule has 0 aliphatic carbocycles. The molecule has 0 spiro atoms. The molecule has 1 saturated heterocycles. The smallest absolute Gasteiger partial charge is 0.263 e. The van der Waals surface area contributed by atoms with Crippen molar-refractivity contribution in [3.63, 3.8) is 0 Å². The highest BCUT2D eigenvalue weighted by Gasteiger charge is 2.26.